The number of hydrogen-bond donors (Lipinski definition) is 1. The molecule has 3 rings (SSSR count). The molecule has 136 valence electrons. The number of hydrogen-bond acceptors (Lipinski definition) is 4. The van der Waals surface area contributed by atoms with Crippen LogP contribution < -0.4 is 5.32 Å². The van der Waals surface area contributed by atoms with Gasteiger partial charge in [0.2, 0.25) is 0 Å². The van der Waals surface area contributed by atoms with Gasteiger partial charge in [0, 0.05) is 24.2 Å². The van der Waals surface area contributed by atoms with Crippen LogP contribution >= 0.6 is 0 Å². The largest absolute Gasteiger partial charge is 0.471 e. The SMILES string of the molecule is O=C(CNC(=O)C(F)(F)F)c1cnc(CC2(c3ccccc3)CC2)nc1. The molecule has 8 heteroatoms. The summed E-state index contributed by atoms with van der Waals surface area (Å²) in [6, 6.07) is 10.0. The maximum absolute atomic E-state index is 12.1. The van der Waals surface area contributed by atoms with Crippen molar-refractivity contribution in [2.45, 2.75) is 30.9 Å². The van der Waals surface area contributed by atoms with E-state index in [4.69, 9.17) is 0 Å². The first-order valence-electron chi connectivity index (χ1n) is 8.05. The highest BCUT2D eigenvalue weighted by Crippen LogP contribution is 2.50. The Morgan fingerprint density at radius 1 is 1.08 bits per heavy atom. The lowest BCUT2D eigenvalue weighted by Gasteiger charge is -2.14. The number of aromatic nitrogens is 2. The highest BCUT2D eigenvalue weighted by atomic mass is 19.4. The minimum Gasteiger partial charge on any atom is -0.341 e. The fourth-order valence-electron chi connectivity index (χ4n) is 2.77. The van der Waals surface area contributed by atoms with Crippen molar-refractivity contribution in [3.05, 3.63) is 59.7 Å². The quantitative estimate of drug-likeness (QED) is 0.801. The molecule has 26 heavy (non-hydrogen) atoms. The summed E-state index contributed by atoms with van der Waals surface area (Å²) in [4.78, 5) is 30.9. The Hall–Kier alpha value is -2.77. The number of rotatable bonds is 6. The molecule has 0 unspecified atom stereocenters. The maximum Gasteiger partial charge on any atom is 0.471 e. The Kier molecular flexibility index (Phi) is 4.76. The summed E-state index contributed by atoms with van der Waals surface area (Å²) in [5.41, 5.74) is 1.30. The molecule has 1 N–H and O–H groups in total. The molecule has 1 aliphatic rings. The van der Waals surface area contributed by atoms with Crippen LogP contribution in [0.4, 0.5) is 13.2 Å². The lowest BCUT2D eigenvalue weighted by Crippen LogP contribution is -2.39. The second-order valence-electron chi connectivity index (χ2n) is 6.31. The van der Waals surface area contributed by atoms with E-state index in [1.54, 1.807) is 0 Å². The van der Waals surface area contributed by atoms with Crippen molar-refractivity contribution >= 4 is 11.7 Å². The molecule has 0 bridgehead atoms. The maximum atomic E-state index is 12.1. The minimum atomic E-state index is -5.02. The van der Waals surface area contributed by atoms with E-state index < -0.39 is 24.4 Å². The van der Waals surface area contributed by atoms with Crippen molar-refractivity contribution in [3.8, 4) is 0 Å². The van der Waals surface area contributed by atoms with Gasteiger partial charge in [-0.15, -0.1) is 0 Å². The smallest absolute Gasteiger partial charge is 0.341 e. The molecule has 1 aliphatic carbocycles. The number of alkyl halides is 3. The van der Waals surface area contributed by atoms with E-state index in [0.717, 1.165) is 12.8 Å². The van der Waals surface area contributed by atoms with E-state index in [9.17, 15) is 22.8 Å². The summed E-state index contributed by atoms with van der Waals surface area (Å²) in [7, 11) is 0. The van der Waals surface area contributed by atoms with Gasteiger partial charge in [-0.05, 0) is 18.4 Å². The van der Waals surface area contributed by atoms with Crippen LogP contribution in [0.2, 0.25) is 0 Å². The molecule has 5 nitrogen and oxygen atoms in total. The number of benzene rings is 1. The zero-order valence-corrected chi connectivity index (χ0v) is 13.7. The Balaban J connectivity index is 1.60. The molecule has 0 radical (unpaired) electrons. The van der Waals surface area contributed by atoms with Gasteiger partial charge in [-0.3, -0.25) is 9.59 Å². The van der Waals surface area contributed by atoms with Gasteiger partial charge < -0.3 is 5.32 Å². The molecule has 0 atom stereocenters. The van der Waals surface area contributed by atoms with Gasteiger partial charge in [0.05, 0.1) is 12.1 Å². The highest BCUT2D eigenvalue weighted by Gasteiger charge is 2.44. The lowest BCUT2D eigenvalue weighted by molar-refractivity contribution is -0.173. The number of Topliss-reactive ketones (excluding diaryl/α,β-unsaturated/α-hetero) is 1. The number of halogens is 3. The van der Waals surface area contributed by atoms with Gasteiger partial charge >= 0.3 is 12.1 Å². The van der Waals surface area contributed by atoms with Gasteiger partial charge in [-0.2, -0.15) is 13.2 Å². The number of carbonyl (C=O) groups excluding carboxylic acids is 2. The molecule has 1 aromatic carbocycles. The Bertz CT molecular complexity index is 801. The normalized spacial score (nSPS) is 15.3. The number of ketones is 1. The van der Waals surface area contributed by atoms with Crippen LogP contribution in [0.1, 0.15) is 34.6 Å². The summed E-state index contributed by atoms with van der Waals surface area (Å²) < 4.78 is 36.3. The molecule has 0 aliphatic heterocycles. The minimum absolute atomic E-state index is 0.0213. The van der Waals surface area contributed by atoms with E-state index in [1.165, 1.54) is 23.3 Å². The summed E-state index contributed by atoms with van der Waals surface area (Å²) in [5, 5.41) is 1.54. The van der Waals surface area contributed by atoms with Crippen LogP contribution in [-0.2, 0) is 16.6 Å². The summed E-state index contributed by atoms with van der Waals surface area (Å²) >= 11 is 0. The third-order valence-electron chi connectivity index (χ3n) is 4.43. The molecule has 2 aromatic rings. The fraction of sp³-hybridized carbons (Fsp3) is 0.333. The number of amides is 1. The van der Waals surface area contributed by atoms with Crippen molar-refractivity contribution in [1.29, 1.82) is 0 Å². The molecule has 0 saturated heterocycles. The Morgan fingerprint density at radius 2 is 1.69 bits per heavy atom. The van der Waals surface area contributed by atoms with Gasteiger partial charge in [-0.1, -0.05) is 30.3 Å². The van der Waals surface area contributed by atoms with Gasteiger partial charge in [0.15, 0.2) is 5.78 Å². The van der Waals surface area contributed by atoms with E-state index in [1.807, 2.05) is 18.2 Å². The predicted octanol–water partition coefficient (Wildman–Crippen LogP) is 2.61. The molecule has 0 spiro atoms. The number of carbonyl (C=O) groups is 2. The summed E-state index contributed by atoms with van der Waals surface area (Å²) in [6.45, 7) is -0.755. The van der Waals surface area contributed by atoms with Crippen LogP contribution in [0, 0.1) is 0 Å². The molecule has 1 heterocycles. The van der Waals surface area contributed by atoms with Crippen molar-refractivity contribution in [3.63, 3.8) is 0 Å². The third-order valence-corrected chi connectivity index (χ3v) is 4.43. The average Bonchev–Trinajstić information content (AvgIpc) is 3.40. The van der Waals surface area contributed by atoms with Gasteiger partial charge in [-0.25, -0.2) is 9.97 Å². The van der Waals surface area contributed by atoms with Crippen LogP contribution in [0.25, 0.3) is 0 Å². The fourth-order valence-corrected chi connectivity index (χ4v) is 2.77. The van der Waals surface area contributed by atoms with Crippen LogP contribution in [0.3, 0.4) is 0 Å². The van der Waals surface area contributed by atoms with E-state index in [2.05, 4.69) is 22.1 Å². The number of nitrogens with one attached hydrogen (secondary N) is 1. The average molecular weight is 363 g/mol. The van der Waals surface area contributed by atoms with Gasteiger partial charge in [0.25, 0.3) is 0 Å². The van der Waals surface area contributed by atoms with E-state index in [-0.39, 0.29) is 11.0 Å². The molecular weight excluding hydrogens is 347 g/mol. The van der Waals surface area contributed by atoms with E-state index >= 15 is 0 Å². The molecule has 1 amide bonds. The molecular formula is C18H16F3N3O2. The van der Waals surface area contributed by atoms with Crippen molar-refractivity contribution in [2.24, 2.45) is 0 Å². The topological polar surface area (TPSA) is 72.0 Å². The lowest BCUT2D eigenvalue weighted by atomic mass is 9.92. The first-order valence-corrected chi connectivity index (χ1v) is 8.05. The monoisotopic (exact) mass is 363 g/mol. The van der Waals surface area contributed by atoms with Crippen LogP contribution in [0.15, 0.2) is 42.7 Å². The van der Waals surface area contributed by atoms with Crippen LogP contribution in [0.5, 0.6) is 0 Å². The molecule has 1 aromatic heterocycles. The number of nitrogens with zero attached hydrogens (tertiary/aromatic N) is 2. The first-order chi connectivity index (χ1) is 12.3. The third kappa shape index (κ3) is 4.07. The zero-order chi connectivity index (χ0) is 18.8. The van der Waals surface area contributed by atoms with Crippen molar-refractivity contribution < 1.29 is 22.8 Å². The zero-order valence-electron chi connectivity index (χ0n) is 13.7. The highest BCUT2D eigenvalue weighted by molar-refractivity contribution is 5.99. The van der Waals surface area contributed by atoms with E-state index in [0.29, 0.717) is 12.2 Å². The van der Waals surface area contributed by atoms with Crippen molar-refractivity contribution in [1.82, 2.24) is 15.3 Å². The van der Waals surface area contributed by atoms with Crippen molar-refractivity contribution in [2.75, 3.05) is 6.54 Å². The molecule has 1 saturated carbocycles. The molecule has 1 fully saturated rings. The van der Waals surface area contributed by atoms with Gasteiger partial charge in [0.1, 0.15) is 5.82 Å². The standard InChI is InChI=1S/C18H16F3N3O2/c19-18(20,21)16(26)24-11-14(25)12-9-22-15(23-10-12)8-17(6-7-17)13-4-2-1-3-5-13/h1-5,9-10H,6-8,11H2,(H,24,26). The summed E-state index contributed by atoms with van der Waals surface area (Å²) in [5.74, 6) is -2.26. The Labute approximate surface area is 147 Å². The first kappa shape index (κ1) is 18.0. The summed E-state index contributed by atoms with van der Waals surface area (Å²) in [6.07, 6.45) is 0.249. The second kappa shape index (κ2) is 6.86. The second-order valence-corrected chi connectivity index (χ2v) is 6.31. The van der Waals surface area contributed by atoms with Crippen LogP contribution in [-0.4, -0.2) is 34.4 Å². The predicted molar refractivity (Wildman–Crippen MR) is 86.5 cm³/mol. The Morgan fingerprint density at radius 3 is 2.23 bits per heavy atom.